The van der Waals surface area contributed by atoms with E-state index in [0.29, 0.717) is 0 Å². The number of alkyl halides is 1. The first-order chi connectivity index (χ1) is 9.43. The third-order valence-corrected chi connectivity index (χ3v) is 3.06. The van der Waals surface area contributed by atoms with Crippen molar-refractivity contribution in [1.29, 1.82) is 0 Å². The first-order valence-electron chi connectivity index (χ1n) is 5.54. The van der Waals surface area contributed by atoms with Gasteiger partial charge in [0.2, 0.25) is 5.67 Å². The van der Waals surface area contributed by atoms with Crippen molar-refractivity contribution in [3.05, 3.63) is 22.7 Å². The number of hydrogen-bond donors (Lipinski definition) is 3. The zero-order chi connectivity index (χ0) is 14.9. The van der Waals surface area contributed by atoms with Crippen LogP contribution in [-0.4, -0.2) is 44.2 Å². The summed E-state index contributed by atoms with van der Waals surface area (Å²) in [4.78, 5) is 15.2. The molecule has 20 heavy (non-hydrogen) atoms. The fourth-order valence-corrected chi connectivity index (χ4v) is 2.12. The molecule has 9 heteroatoms. The van der Waals surface area contributed by atoms with Crippen LogP contribution in [-0.2, 0) is 4.74 Å². The van der Waals surface area contributed by atoms with E-state index >= 15 is 0 Å². The van der Waals surface area contributed by atoms with E-state index in [1.807, 2.05) is 11.3 Å². The number of nitrogens with zero attached hydrogens (tertiary/aromatic N) is 2. The van der Waals surface area contributed by atoms with Gasteiger partial charge in [0.15, 0.2) is 6.23 Å². The number of aromatic nitrogens is 2. The van der Waals surface area contributed by atoms with Crippen molar-refractivity contribution in [2.75, 3.05) is 12.3 Å². The molecule has 0 unspecified atom stereocenters. The molecule has 0 saturated carbocycles. The highest BCUT2D eigenvalue weighted by atomic mass is 35.5. The molecule has 0 amide bonds. The van der Waals surface area contributed by atoms with E-state index < -0.39 is 36.4 Å². The highest BCUT2D eigenvalue weighted by Crippen LogP contribution is 2.40. The molecule has 1 aromatic rings. The molecule has 7 nitrogen and oxygen atoms in total. The highest BCUT2D eigenvalue weighted by molar-refractivity contribution is 6.30. The zero-order valence-corrected chi connectivity index (χ0v) is 10.8. The minimum atomic E-state index is -2.66. The third kappa shape index (κ3) is 2.25. The Morgan fingerprint density at radius 2 is 2.40 bits per heavy atom. The standard InChI is InChI=1S/C11H11ClFN3O4/c12-3-2-11(13)8(18)6(5-17)20-9(11)16-4-1-7(14)15-10(16)19/h1,4,6,8-9,17-18H,5H2,(H2,14,15,19)/t6-,8-,9-,11-/m1/s1. The van der Waals surface area contributed by atoms with E-state index in [1.165, 1.54) is 6.07 Å². The number of halogens is 2. The fraction of sp³-hybridized carbons (Fsp3) is 0.455. The number of ether oxygens (including phenoxy) is 1. The minimum absolute atomic E-state index is 0.0450. The van der Waals surface area contributed by atoms with Crippen molar-refractivity contribution in [2.45, 2.75) is 24.1 Å². The number of rotatable bonds is 2. The van der Waals surface area contributed by atoms with E-state index in [9.17, 15) is 14.3 Å². The molecular weight excluding hydrogens is 293 g/mol. The Kier molecular flexibility index (Phi) is 3.96. The second kappa shape index (κ2) is 5.38. The van der Waals surface area contributed by atoms with E-state index in [0.717, 1.165) is 10.8 Å². The van der Waals surface area contributed by atoms with Crippen LogP contribution in [0.25, 0.3) is 0 Å². The Morgan fingerprint density at radius 1 is 1.70 bits per heavy atom. The second-order valence-electron chi connectivity index (χ2n) is 4.18. The molecule has 2 rings (SSSR count). The van der Waals surface area contributed by atoms with Crippen molar-refractivity contribution in [3.8, 4) is 11.3 Å². The number of nitrogen functional groups attached to an aromatic ring is 1. The van der Waals surface area contributed by atoms with Crippen LogP contribution in [0.3, 0.4) is 0 Å². The Hall–Kier alpha value is -1.66. The Labute approximate surface area is 117 Å². The number of nitrogens with two attached hydrogens (primary N) is 1. The van der Waals surface area contributed by atoms with Crippen LogP contribution in [0.4, 0.5) is 10.2 Å². The van der Waals surface area contributed by atoms with Gasteiger partial charge in [-0.15, -0.1) is 0 Å². The summed E-state index contributed by atoms with van der Waals surface area (Å²) in [6.45, 7) is -0.648. The monoisotopic (exact) mass is 303 g/mol. The van der Waals surface area contributed by atoms with Crippen molar-refractivity contribution in [1.82, 2.24) is 9.55 Å². The number of aliphatic hydroxyl groups is 2. The van der Waals surface area contributed by atoms with Crippen molar-refractivity contribution in [2.24, 2.45) is 0 Å². The molecule has 108 valence electrons. The molecule has 1 saturated heterocycles. The van der Waals surface area contributed by atoms with Gasteiger partial charge < -0.3 is 20.7 Å². The maximum atomic E-state index is 14.8. The van der Waals surface area contributed by atoms with Gasteiger partial charge in [-0.05, 0) is 23.6 Å². The summed E-state index contributed by atoms with van der Waals surface area (Å²) in [6.07, 6.45) is -3.45. The van der Waals surface area contributed by atoms with Gasteiger partial charge in [0.1, 0.15) is 18.0 Å². The smallest absolute Gasteiger partial charge is 0.351 e. The van der Waals surface area contributed by atoms with Crippen LogP contribution < -0.4 is 11.4 Å². The van der Waals surface area contributed by atoms with Crippen molar-refractivity contribution < 1.29 is 19.3 Å². The summed E-state index contributed by atoms with van der Waals surface area (Å²) in [5.74, 6) is 1.92. The van der Waals surface area contributed by atoms with E-state index in [1.54, 1.807) is 0 Å². The minimum Gasteiger partial charge on any atom is -0.394 e. The molecule has 0 radical (unpaired) electrons. The Balaban J connectivity index is 2.52. The predicted molar refractivity (Wildman–Crippen MR) is 67.4 cm³/mol. The quantitative estimate of drug-likeness (QED) is 0.603. The molecule has 0 spiro atoms. The normalized spacial score (nSPS) is 32.7. The van der Waals surface area contributed by atoms with Crippen LogP contribution in [0.2, 0.25) is 0 Å². The number of aliphatic hydroxyl groups excluding tert-OH is 2. The third-order valence-electron chi connectivity index (χ3n) is 2.97. The van der Waals surface area contributed by atoms with Crippen molar-refractivity contribution >= 4 is 17.4 Å². The van der Waals surface area contributed by atoms with Gasteiger partial charge in [-0.1, -0.05) is 0 Å². The van der Waals surface area contributed by atoms with Gasteiger partial charge in [0, 0.05) is 11.6 Å². The van der Waals surface area contributed by atoms with Crippen LogP contribution in [0, 0.1) is 11.3 Å². The summed E-state index contributed by atoms with van der Waals surface area (Å²) in [7, 11) is 0. The van der Waals surface area contributed by atoms with Gasteiger partial charge in [0.05, 0.1) is 6.61 Å². The Bertz CT molecular complexity index is 628. The summed E-state index contributed by atoms with van der Waals surface area (Å²) in [5, 5.41) is 20.7. The van der Waals surface area contributed by atoms with Gasteiger partial charge in [-0.2, -0.15) is 4.98 Å². The zero-order valence-electron chi connectivity index (χ0n) is 10.0. The number of anilines is 1. The highest BCUT2D eigenvalue weighted by Gasteiger charge is 2.57. The largest absolute Gasteiger partial charge is 0.394 e. The van der Waals surface area contributed by atoms with Gasteiger partial charge in [-0.25, -0.2) is 9.18 Å². The summed E-state index contributed by atoms with van der Waals surface area (Å²) in [5.41, 5.74) is 1.80. The SMILES string of the molecule is Nc1ccn([C@@H]2O[C@H](CO)[C@@H](O)[C@]2(F)C#CCl)c(=O)n1. The molecule has 1 aliphatic heterocycles. The van der Waals surface area contributed by atoms with E-state index in [4.69, 9.17) is 27.2 Å². The fourth-order valence-electron chi connectivity index (χ4n) is 1.98. The van der Waals surface area contributed by atoms with Crippen LogP contribution in [0.1, 0.15) is 6.23 Å². The van der Waals surface area contributed by atoms with Crippen LogP contribution >= 0.6 is 11.6 Å². The lowest BCUT2D eigenvalue weighted by Crippen LogP contribution is -2.44. The maximum Gasteiger partial charge on any atom is 0.351 e. The molecule has 4 N–H and O–H groups in total. The lowest BCUT2D eigenvalue weighted by Gasteiger charge is -2.23. The second-order valence-corrected chi connectivity index (χ2v) is 4.37. The summed E-state index contributed by atoms with van der Waals surface area (Å²) < 4.78 is 20.7. The molecule has 2 heterocycles. The molecular formula is C11H11ClFN3O4. The number of hydrogen-bond acceptors (Lipinski definition) is 6. The van der Waals surface area contributed by atoms with Gasteiger partial charge in [0.25, 0.3) is 0 Å². The first-order valence-corrected chi connectivity index (χ1v) is 5.92. The average Bonchev–Trinajstić information content (AvgIpc) is 2.63. The lowest BCUT2D eigenvalue weighted by atomic mass is 9.97. The van der Waals surface area contributed by atoms with Crippen LogP contribution in [0.5, 0.6) is 0 Å². The molecule has 0 bridgehead atoms. The lowest BCUT2D eigenvalue weighted by molar-refractivity contribution is -0.0542. The predicted octanol–water partition coefficient (Wildman–Crippen LogP) is -1.02. The molecule has 1 aliphatic rings. The van der Waals surface area contributed by atoms with Gasteiger partial charge in [-0.3, -0.25) is 4.57 Å². The Morgan fingerprint density at radius 3 is 2.95 bits per heavy atom. The average molecular weight is 304 g/mol. The van der Waals surface area contributed by atoms with Gasteiger partial charge >= 0.3 is 5.69 Å². The molecule has 1 aromatic heterocycles. The van der Waals surface area contributed by atoms with Crippen molar-refractivity contribution in [3.63, 3.8) is 0 Å². The summed E-state index contributed by atoms with van der Waals surface area (Å²) >= 11 is 5.19. The maximum absolute atomic E-state index is 14.8. The summed E-state index contributed by atoms with van der Waals surface area (Å²) in [6, 6.07) is 1.26. The molecule has 1 fully saturated rings. The molecule has 0 aliphatic carbocycles. The van der Waals surface area contributed by atoms with E-state index in [2.05, 4.69) is 4.98 Å². The topological polar surface area (TPSA) is 111 Å². The van der Waals surface area contributed by atoms with E-state index in [-0.39, 0.29) is 5.82 Å². The molecule has 0 aromatic carbocycles. The first kappa shape index (κ1) is 14.7. The van der Waals surface area contributed by atoms with Crippen LogP contribution in [0.15, 0.2) is 17.1 Å². The molecule has 4 atom stereocenters.